The predicted octanol–water partition coefficient (Wildman–Crippen LogP) is 3.19. The van der Waals surface area contributed by atoms with Crippen LogP contribution >= 0.6 is 11.6 Å². The Balaban J connectivity index is 1.79. The summed E-state index contributed by atoms with van der Waals surface area (Å²) in [4.78, 5) is 0. The zero-order valence-electron chi connectivity index (χ0n) is 10.8. The lowest BCUT2D eigenvalue weighted by molar-refractivity contribution is 0.170. The molecule has 0 saturated carbocycles. The Bertz CT molecular complexity index is 481. The molecule has 0 aliphatic rings. The second-order valence-corrected chi connectivity index (χ2v) is 5.10. The largest absolute Gasteiger partial charge is 0.469 e. The fourth-order valence-electron chi connectivity index (χ4n) is 1.92. The Kier molecular flexibility index (Phi) is 5.02. The van der Waals surface area contributed by atoms with Gasteiger partial charge < -0.3 is 14.8 Å². The molecule has 0 saturated heterocycles. The number of hydrogen-bond donors (Lipinski definition) is 2. The van der Waals surface area contributed by atoms with Crippen molar-refractivity contribution >= 4 is 11.6 Å². The molecule has 1 aromatic heterocycles. The van der Waals surface area contributed by atoms with Crippen LogP contribution in [0.15, 0.2) is 47.1 Å². The minimum Gasteiger partial charge on any atom is -0.469 e. The van der Waals surface area contributed by atoms with Gasteiger partial charge in [0.05, 0.1) is 12.4 Å². The van der Waals surface area contributed by atoms with Crippen LogP contribution in [0.3, 0.4) is 0 Å². The number of aliphatic hydroxyl groups is 1. The Morgan fingerprint density at radius 1 is 1.26 bits per heavy atom. The van der Waals surface area contributed by atoms with Crippen molar-refractivity contribution in [3.63, 3.8) is 0 Å². The molecule has 0 fully saturated rings. The summed E-state index contributed by atoms with van der Waals surface area (Å²) < 4.78 is 5.29. The van der Waals surface area contributed by atoms with E-state index in [0.29, 0.717) is 11.6 Å². The van der Waals surface area contributed by atoms with E-state index < -0.39 is 6.10 Å². The lowest BCUT2D eigenvalue weighted by Crippen LogP contribution is -2.31. The smallest absolute Gasteiger partial charge is 0.105 e. The Morgan fingerprint density at radius 2 is 2.00 bits per heavy atom. The molecule has 0 spiro atoms. The number of hydrogen-bond acceptors (Lipinski definition) is 3. The summed E-state index contributed by atoms with van der Waals surface area (Å²) in [7, 11) is 0. The Morgan fingerprint density at radius 3 is 2.63 bits per heavy atom. The first-order valence-electron chi connectivity index (χ1n) is 6.34. The zero-order chi connectivity index (χ0) is 13.7. The maximum Gasteiger partial charge on any atom is 0.105 e. The number of furan rings is 1. The molecule has 0 amide bonds. The highest BCUT2D eigenvalue weighted by molar-refractivity contribution is 6.30. The zero-order valence-corrected chi connectivity index (χ0v) is 11.6. The van der Waals surface area contributed by atoms with Gasteiger partial charge in [-0.3, -0.25) is 0 Å². The van der Waals surface area contributed by atoms with Crippen molar-refractivity contribution in [1.29, 1.82) is 0 Å². The predicted molar refractivity (Wildman–Crippen MR) is 76.3 cm³/mol. The molecule has 2 N–H and O–H groups in total. The van der Waals surface area contributed by atoms with Crippen LogP contribution in [0.4, 0.5) is 0 Å². The van der Waals surface area contributed by atoms with Crippen LogP contribution in [0.2, 0.25) is 5.02 Å². The Labute approximate surface area is 118 Å². The van der Waals surface area contributed by atoms with Gasteiger partial charge in [-0.2, -0.15) is 0 Å². The first kappa shape index (κ1) is 14.1. The highest BCUT2D eigenvalue weighted by Crippen LogP contribution is 2.16. The fraction of sp³-hybridized carbons (Fsp3) is 0.333. The summed E-state index contributed by atoms with van der Waals surface area (Å²) in [5, 5.41) is 14.0. The molecule has 2 unspecified atom stereocenters. The van der Waals surface area contributed by atoms with Gasteiger partial charge in [0.25, 0.3) is 0 Å². The van der Waals surface area contributed by atoms with Crippen LogP contribution in [-0.2, 0) is 6.42 Å². The summed E-state index contributed by atoms with van der Waals surface area (Å²) in [5.74, 6) is 0.945. The number of halogens is 1. The first-order chi connectivity index (χ1) is 9.15. The molecule has 0 aliphatic carbocycles. The second-order valence-electron chi connectivity index (χ2n) is 4.66. The van der Waals surface area contributed by atoms with Crippen molar-refractivity contribution in [3.8, 4) is 0 Å². The van der Waals surface area contributed by atoms with Crippen LogP contribution in [0, 0.1) is 0 Å². The molecular formula is C15H18ClNO2. The van der Waals surface area contributed by atoms with Crippen molar-refractivity contribution in [1.82, 2.24) is 5.32 Å². The van der Waals surface area contributed by atoms with Crippen LogP contribution in [0.5, 0.6) is 0 Å². The van der Waals surface area contributed by atoms with E-state index in [1.807, 2.05) is 24.3 Å². The molecule has 2 aromatic rings. The first-order valence-corrected chi connectivity index (χ1v) is 6.72. The van der Waals surface area contributed by atoms with E-state index >= 15 is 0 Å². The quantitative estimate of drug-likeness (QED) is 0.854. The van der Waals surface area contributed by atoms with Crippen molar-refractivity contribution in [2.24, 2.45) is 0 Å². The second kappa shape index (κ2) is 6.75. The van der Waals surface area contributed by atoms with E-state index in [0.717, 1.165) is 17.7 Å². The molecular weight excluding hydrogens is 262 g/mol. The molecule has 0 aliphatic heterocycles. The summed E-state index contributed by atoms with van der Waals surface area (Å²) in [6.45, 7) is 2.57. The van der Waals surface area contributed by atoms with Crippen LogP contribution < -0.4 is 5.32 Å². The molecule has 0 radical (unpaired) electrons. The topological polar surface area (TPSA) is 45.4 Å². The number of rotatable bonds is 6. The summed E-state index contributed by atoms with van der Waals surface area (Å²) in [6.07, 6.45) is 1.95. The average molecular weight is 280 g/mol. The van der Waals surface area contributed by atoms with Crippen LogP contribution in [-0.4, -0.2) is 17.7 Å². The van der Waals surface area contributed by atoms with Gasteiger partial charge in [0.15, 0.2) is 0 Å². The summed E-state index contributed by atoms with van der Waals surface area (Å²) in [6, 6.07) is 11.3. The number of benzene rings is 1. The van der Waals surface area contributed by atoms with E-state index in [2.05, 4.69) is 12.2 Å². The van der Waals surface area contributed by atoms with Gasteiger partial charge in [0, 0.05) is 24.0 Å². The van der Waals surface area contributed by atoms with Crippen LogP contribution in [0.1, 0.15) is 24.4 Å². The molecule has 0 bridgehead atoms. The lowest BCUT2D eigenvalue weighted by Gasteiger charge is -2.16. The van der Waals surface area contributed by atoms with Gasteiger partial charge in [-0.25, -0.2) is 0 Å². The molecule has 1 aromatic carbocycles. The number of nitrogens with one attached hydrogen (secondary N) is 1. The van der Waals surface area contributed by atoms with Gasteiger partial charge in [0.1, 0.15) is 5.76 Å². The van der Waals surface area contributed by atoms with Gasteiger partial charge >= 0.3 is 0 Å². The van der Waals surface area contributed by atoms with Crippen molar-refractivity contribution in [3.05, 3.63) is 59.0 Å². The molecule has 2 atom stereocenters. The minimum atomic E-state index is -0.531. The molecule has 3 nitrogen and oxygen atoms in total. The summed E-state index contributed by atoms with van der Waals surface area (Å²) in [5.41, 5.74) is 0.863. The van der Waals surface area contributed by atoms with Gasteiger partial charge in [-0.1, -0.05) is 23.7 Å². The third-order valence-electron chi connectivity index (χ3n) is 3.00. The average Bonchev–Trinajstić information content (AvgIpc) is 2.89. The number of aliphatic hydroxyl groups excluding tert-OH is 1. The van der Waals surface area contributed by atoms with Gasteiger partial charge in [-0.15, -0.1) is 0 Å². The van der Waals surface area contributed by atoms with Crippen LogP contribution in [0.25, 0.3) is 0 Å². The minimum absolute atomic E-state index is 0.244. The monoisotopic (exact) mass is 279 g/mol. The van der Waals surface area contributed by atoms with Crippen molar-refractivity contribution < 1.29 is 9.52 Å². The standard InChI is InChI=1S/C15H18ClNO2/c1-11(9-14-3-2-8-19-14)17-10-15(18)12-4-6-13(16)7-5-12/h2-8,11,15,17-18H,9-10H2,1H3. The normalized spacial score (nSPS) is 14.3. The van der Waals surface area contributed by atoms with E-state index in [1.165, 1.54) is 0 Å². The van der Waals surface area contributed by atoms with E-state index in [-0.39, 0.29) is 6.04 Å². The Hall–Kier alpha value is -1.29. The van der Waals surface area contributed by atoms with Gasteiger partial charge in [0.2, 0.25) is 0 Å². The highest BCUT2D eigenvalue weighted by Gasteiger charge is 2.10. The third-order valence-corrected chi connectivity index (χ3v) is 3.25. The van der Waals surface area contributed by atoms with E-state index in [9.17, 15) is 5.11 Å². The highest BCUT2D eigenvalue weighted by atomic mass is 35.5. The maximum atomic E-state index is 10.1. The maximum absolute atomic E-state index is 10.1. The molecule has 1 heterocycles. The van der Waals surface area contributed by atoms with Crippen molar-refractivity contribution in [2.45, 2.75) is 25.5 Å². The van der Waals surface area contributed by atoms with Crippen molar-refractivity contribution in [2.75, 3.05) is 6.54 Å². The molecule has 2 rings (SSSR count). The molecule has 4 heteroatoms. The molecule has 102 valence electrons. The SMILES string of the molecule is CC(Cc1ccco1)NCC(O)c1ccc(Cl)cc1. The summed E-state index contributed by atoms with van der Waals surface area (Å²) >= 11 is 5.82. The van der Waals surface area contributed by atoms with E-state index in [4.69, 9.17) is 16.0 Å². The fourth-order valence-corrected chi connectivity index (χ4v) is 2.04. The lowest BCUT2D eigenvalue weighted by atomic mass is 10.1. The van der Waals surface area contributed by atoms with E-state index in [1.54, 1.807) is 18.4 Å². The third kappa shape index (κ3) is 4.39. The molecule has 19 heavy (non-hydrogen) atoms. The van der Waals surface area contributed by atoms with Gasteiger partial charge in [-0.05, 0) is 36.8 Å².